The number of carboxylic acid groups (broad SMARTS) is 2. The number of benzene rings is 1. The van der Waals surface area contributed by atoms with Crippen LogP contribution in [0.15, 0.2) is 30.3 Å². The van der Waals surface area contributed by atoms with Crippen molar-refractivity contribution < 1.29 is 42.8 Å². The predicted molar refractivity (Wildman–Crippen MR) is 68.0 cm³/mol. The number of alkyl halides is 3. The normalized spacial score (nSPS) is 12.0. The summed E-state index contributed by atoms with van der Waals surface area (Å²) in [6.45, 7) is 0.676. The van der Waals surface area contributed by atoms with Gasteiger partial charge in [0, 0.05) is 6.42 Å². The van der Waals surface area contributed by atoms with E-state index in [4.69, 9.17) is 24.9 Å². The molecule has 0 radical (unpaired) electrons. The molecule has 0 saturated carbocycles. The number of hydrogen-bond donors (Lipinski definition) is 3. The van der Waals surface area contributed by atoms with Gasteiger partial charge in [0.05, 0.1) is 13.2 Å². The van der Waals surface area contributed by atoms with Crippen LogP contribution in [0.4, 0.5) is 13.2 Å². The molecule has 0 aliphatic carbocycles. The summed E-state index contributed by atoms with van der Waals surface area (Å²) in [6, 6.07) is 9.58. The van der Waals surface area contributed by atoms with Crippen LogP contribution in [0, 0.1) is 0 Å². The van der Waals surface area contributed by atoms with Crippen molar-refractivity contribution in [3.8, 4) is 0 Å². The van der Waals surface area contributed by atoms with Crippen LogP contribution >= 0.6 is 0 Å². The number of carbonyl (C=O) groups is 2. The van der Waals surface area contributed by atoms with Gasteiger partial charge in [-0.05, 0) is 5.56 Å². The summed E-state index contributed by atoms with van der Waals surface area (Å²) < 4.78 is 37.0. The molecule has 0 heterocycles. The van der Waals surface area contributed by atoms with Crippen LogP contribution in [0.2, 0.25) is 0 Å². The highest BCUT2D eigenvalue weighted by Crippen LogP contribution is 2.13. The molecule has 9 heteroatoms. The summed E-state index contributed by atoms with van der Waals surface area (Å²) in [7, 11) is 0. The number of rotatable bonds is 6. The highest BCUT2D eigenvalue weighted by molar-refractivity contribution is 5.73. The molecule has 0 unspecified atom stereocenters. The largest absolute Gasteiger partial charge is 0.490 e. The van der Waals surface area contributed by atoms with Crippen molar-refractivity contribution >= 4 is 11.9 Å². The fourth-order valence-corrected chi connectivity index (χ4v) is 1.08. The van der Waals surface area contributed by atoms with E-state index in [2.05, 4.69) is 0 Å². The van der Waals surface area contributed by atoms with Gasteiger partial charge in [-0.25, -0.2) is 9.59 Å². The molecule has 1 aromatic carbocycles. The molecular formula is C13H15F3O6. The van der Waals surface area contributed by atoms with Gasteiger partial charge in [0.25, 0.3) is 0 Å². The summed E-state index contributed by atoms with van der Waals surface area (Å²) in [4.78, 5) is 19.2. The van der Waals surface area contributed by atoms with Crippen LogP contribution in [0.1, 0.15) is 12.0 Å². The Balaban J connectivity index is 0.000000534. The summed E-state index contributed by atoms with van der Waals surface area (Å²) in [5, 5.41) is 24.5. The number of aliphatic hydroxyl groups is 1. The topological polar surface area (TPSA) is 104 Å². The monoisotopic (exact) mass is 324 g/mol. The Morgan fingerprint density at radius 2 is 1.64 bits per heavy atom. The zero-order valence-corrected chi connectivity index (χ0v) is 11.3. The molecule has 0 aliphatic heterocycles. The Kier molecular flexibility index (Phi) is 8.80. The van der Waals surface area contributed by atoms with E-state index in [0.29, 0.717) is 6.61 Å². The fraction of sp³-hybridized carbons (Fsp3) is 0.385. The standard InChI is InChI=1S/C11H14O4.C2HF3O2/c12-10(11(13)14)6-7-15-8-9-4-2-1-3-5-9;3-2(4,5)1(6)7/h1-5,10,12H,6-8H2,(H,13,14);(H,6,7)/t10-;/m0./s1. The lowest BCUT2D eigenvalue weighted by Gasteiger charge is -2.06. The molecule has 6 nitrogen and oxygen atoms in total. The number of ether oxygens (including phenoxy) is 1. The first-order valence-corrected chi connectivity index (χ1v) is 5.97. The Morgan fingerprint density at radius 1 is 1.14 bits per heavy atom. The first-order valence-electron chi connectivity index (χ1n) is 5.97. The van der Waals surface area contributed by atoms with Crippen LogP contribution in [-0.2, 0) is 20.9 Å². The van der Waals surface area contributed by atoms with Gasteiger partial charge in [-0.3, -0.25) is 0 Å². The molecule has 124 valence electrons. The maximum absolute atomic E-state index is 10.6. The highest BCUT2D eigenvalue weighted by Gasteiger charge is 2.38. The van der Waals surface area contributed by atoms with E-state index in [1.807, 2.05) is 30.3 Å². The Bertz CT molecular complexity index is 461. The van der Waals surface area contributed by atoms with Gasteiger partial charge in [0.1, 0.15) is 0 Å². The van der Waals surface area contributed by atoms with Crippen molar-refractivity contribution in [3.63, 3.8) is 0 Å². The van der Waals surface area contributed by atoms with Crippen molar-refractivity contribution in [1.82, 2.24) is 0 Å². The van der Waals surface area contributed by atoms with Gasteiger partial charge in [-0.15, -0.1) is 0 Å². The molecule has 0 aliphatic rings. The summed E-state index contributed by atoms with van der Waals surface area (Å²) in [6.07, 6.45) is -6.30. The minimum absolute atomic E-state index is 0.113. The first-order chi connectivity index (χ1) is 10.1. The molecule has 0 aromatic heterocycles. The minimum atomic E-state index is -5.08. The van der Waals surface area contributed by atoms with E-state index in [9.17, 15) is 18.0 Å². The third-order valence-electron chi connectivity index (χ3n) is 2.17. The zero-order chi connectivity index (χ0) is 17.2. The van der Waals surface area contributed by atoms with Crippen LogP contribution in [0.5, 0.6) is 0 Å². The van der Waals surface area contributed by atoms with E-state index in [0.717, 1.165) is 5.56 Å². The molecule has 3 N–H and O–H groups in total. The lowest BCUT2D eigenvalue weighted by molar-refractivity contribution is -0.192. The molecule has 0 amide bonds. The van der Waals surface area contributed by atoms with E-state index in [-0.39, 0.29) is 13.0 Å². The second kappa shape index (κ2) is 9.74. The molecule has 1 aromatic rings. The first kappa shape index (κ1) is 19.9. The Hall–Kier alpha value is -2.13. The van der Waals surface area contributed by atoms with Crippen molar-refractivity contribution in [2.24, 2.45) is 0 Å². The Morgan fingerprint density at radius 3 is 2.05 bits per heavy atom. The number of carboxylic acids is 2. The van der Waals surface area contributed by atoms with Crippen molar-refractivity contribution in [2.45, 2.75) is 25.3 Å². The molecule has 1 atom stereocenters. The summed E-state index contributed by atoms with van der Waals surface area (Å²) in [5.41, 5.74) is 1.03. The maximum atomic E-state index is 10.6. The quantitative estimate of drug-likeness (QED) is 0.688. The zero-order valence-electron chi connectivity index (χ0n) is 11.3. The van der Waals surface area contributed by atoms with Gasteiger partial charge >= 0.3 is 18.1 Å². The van der Waals surface area contributed by atoms with Crippen molar-refractivity contribution in [2.75, 3.05) is 6.61 Å². The third-order valence-corrected chi connectivity index (χ3v) is 2.17. The van der Waals surface area contributed by atoms with E-state index in [1.54, 1.807) is 0 Å². The smallest absolute Gasteiger partial charge is 0.479 e. The number of aliphatic hydroxyl groups excluding tert-OH is 1. The lowest BCUT2D eigenvalue weighted by Crippen LogP contribution is -2.21. The average Bonchev–Trinajstić information content (AvgIpc) is 2.44. The predicted octanol–water partition coefficient (Wildman–Crippen LogP) is 1.67. The molecule has 22 heavy (non-hydrogen) atoms. The maximum Gasteiger partial charge on any atom is 0.490 e. The second-order valence-electron chi connectivity index (χ2n) is 3.98. The molecule has 0 spiro atoms. The van der Waals surface area contributed by atoms with E-state index >= 15 is 0 Å². The fourth-order valence-electron chi connectivity index (χ4n) is 1.08. The lowest BCUT2D eigenvalue weighted by atomic mass is 10.2. The van der Waals surface area contributed by atoms with Gasteiger partial charge in [-0.1, -0.05) is 30.3 Å². The minimum Gasteiger partial charge on any atom is -0.479 e. The SMILES string of the molecule is O=C(O)C(F)(F)F.O=C(O)[C@@H](O)CCOCc1ccccc1. The van der Waals surface area contributed by atoms with Crippen LogP contribution in [0.25, 0.3) is 0 Å². The van der Waals surface area contributed by atoms with Crippen LogP contribution < -0.4 is 0 Å². The number of aliphatic carboxylic acids is 2. The van der Waals surface area contributed by atoms with Crippen molar-refractivity contribution in [3.05, 3.63) is 35.9 Å². The summed E-state index contributed by atoms with van der Waals surface area (Å²) in [5.74, 6) is -3.97. The average molecular weight is 324 g/mol. The van der Waals surface area contributed by atoms with Crippen LogP contribution in [0.3, 0.4) is 0 Å². The van der Waals surface area contributed by atoms with Gasteiger partial charge < -0.3 is 20.1 Å². The molecule has 1 rings (SSSR count). The van der Waals surface area contributed by atoms with Gasteiger partial charge in [0.2, 0.25) is 0 Å². The highest BCUT2D eigenvalue weighted by atomic mass is 19.4. The molecule has 0 fully saturated rings. The molecular weight excluding hydrogens is 309 g/mol. The Labute approximate surface area is 123 Å². The van der Waals surface area contributed by atoms with Gasteiger partial charge in [0.15, 0.2) is 6.10 Å². The third kappa shape index (κ3) is 9.72. The van der Waals surface area contributed by atoms with Gasteiger partial charge in [-0.2, -0.15) is 13.2 Å². The molecule has 0 bridgehead atoms. The molecule has 0 saturated heterocycles. The van der Waals surface area contributed by atoms with E-state index < -0.39 is 24.2 Å². The number of hydrogen-bond acceptors (Lipinski definition) is 4. The van der Waals surface area contributed by atoms with E-state index in [1.165, 1.54) is 0 Å². The van der Waals surface area contributed by atoms with Crippen molar-refractivity contribution in [1.29, 1.82) is 0 Å². The second-order valence-corrected chi connectivity index (χ2v) is 3.98. The summed E-state index contributed by atoms with van der Waals surface area (Å²) >= 11 is 0. The van der Waals surface area contributed by atoms with Crippen LogP contribution in [-0.4, -0.2) is 46.1 Å². The number of halogens is 3.